The maximum Gasteiger partial charge on any atom is 0.168 e. The summed E-state index contributed by atoms with van der Waals surface area (Å²) in [6, 6.07) is 9.97. The number of rotatable bonds is 7. The Labute approximate surface area is 193 Å². The Morgan fingerprint density at radius 1 is 1.09 bits per heavy atom. The Hall–Kier alpha value is -3.39. The molecule has 3 aromatic heterocycles. The minimum absolute atomic E-state index is 0.328. The summed E-state index contributed by atoms with van der Waals surface area (Å²) >= 11 is 0. The van der Waals surface area contributed by atoms with Gasteiger partial charge in [-0.25, -0.2) is 9.50 Å². The van der Waals surface area contributed by atoms with Crippen LogP contribution in [-0.2, 0) is 13.1 Å². The van der Waals surface area contributed by atoms with Gasteiger partial charge in [-0.05, 0) is 44.5 Å². The highest BCUT2D eigenvalue weighted by Gasteiger charge is 2.25. The van der Waals surface area contributed by atoms with Gasteiger partial charge in [-0.3, -0.25) is 9.58 Å². The molecule has 4 aromatic rings. The van der Waals surface area contributed by atoms with Gasteiger partial charge in [0, 0.05) is 54.6 Å². The molecule has 33 heavy (non-hydrogen) atoms. The Bertz CT molecular complexity index is 1250. The van der Waals surface area contributed by atoms with Gasteiger partial charge in [0.05, 0.1) is 20.4 Å². The molecule has 1 fully saturated rings. The number of para-hydroxylation sites is 1. The van der Waals surface area contributed by atoms with Gasteiger partial charge in [0.2, 0.25) is 0 Å². The van der Waals surface area contributed by atoms with E-state index in [1.165, 1.54) is 5.56 Å². The van der Waals surface area contributed by atoms with Crippen LogP contribution in [0.5, 0.6) is 11.5 Å². The molecule has 0 saturated carbocycles. The van der Waals surface area contributed by atoms with E-state index in [1.54, 1.807) is 14.2 Å². The van der Waals surface area contributed by atoms with Crippen molar-refractivity contribution in [3.63, 3.8) is 0 Å². The minimum Gasteiger partial charge on any atom is -0.493 e. The van der Waals surface area contributed by atoms with Gasteiger partial charge in [0.15, 0.2) is 23.0 Å². The average molecular weight is 447 g/mol. The van der Waals surface area contributed by atoms with Crippen LogP contribution in [0.4, 0.5) is 0 Å². The van der Waals surface area contributed by atoms with Crippen LogP contribution in [0.1, 0.15) is 37.1 Å². The van der Waals surface area contributed by atoms with E-state index in [0.717, 1.165) is 61.6 Å². The lowest BCUT2D eigenvalue weighted by atomic mass is 9.97. The number of nitrogens with zero attached hydrogens (tertiary/aromatic N) is 6. The van der Waals surface area contributed by atoms with Crippen molar-refractivity contribution in [2.45, 2.75) is 38.8 Å². The van der Waals surface area contributed by atoms with Crippen molar-refractivity contribution >= 4 is 5.65 Å². The molecule has 4 heterocycles. The highest BCUT2D eigenvalue weighted by molar-refractivity contribution is 5.74. The lowest BCUT2D eigenvalue weighted by molar-refractivity contribution is 0.196. The topological polar surface area (TPSA) is 69.7 Å². The number of hydrogen-bond donors (Lipinski definition) is 0. The van der Waals surface area contributed by atoms with Crippen LogP contribution in [0.3, 0.4) is 0 Å². The summed E-state index contributed by atoms with van der Waals surface area (Å²) in [5, 5.41) is 9.28. The molecule has 1 aromatic carbocycles. The summed E-state index contributed by atoms with van der Waals surface area (Å²) in [4.78, 5) is 7.35. The molecule has 5 rings (SSSR count). The molecule has 8 heteroatoms. The normalized spacial score (nSPS) is 16.9. The summed E-state index contributed by atoms with van der Waals surface area (Å²) in [7, 11) is 3.31. The third-order valence-corrected chi connectivity index (χ3v) is 6.35. The largest absolute Gasteiger partial charge is 0.493 e. The number of hydrogen-bond acceptors (Lipinski definition) is 6. The predicted octanol–water partition coefficient (Wildman–Crippen LogP) is 4.01. The van der Waals surface area contributed by atoms with Gasteiger partial charge < -0.3 is 9.47 Å². The minimum atomic E-state index is 0.328. The summed E-state index contributed by atoms with van der Waals surface area (Å²) < 4.78 is 14.9. The zero-order valence-corrected chi connectivity index (χ0v) is 19.4. The molecule has 1 aliphatic heterocycles. The first-order valence-electron chi connectivity index (χ1n) is 11.5. The van der Waals surface area contributed by atoms with Crippen LogP contribution in [0, 0.1) is 0 Å². The van der Waals surface area contributed by atoms with Crippen LogP contribution in [-0.4, -0.2) is 56.6 Å². The molecule has 0 radical (unpaired) electrons. The molecule has 0 amide bonds. The summed E-state index contributed by atoms with van der Waals surface area (Å²) in [5.41, 5.74) is 4.09. The first kappa shape index (κ1) is 21.5. The van der Waals surface area contributed by atoms with E-state index < -0.39 is 0 Å². The zero-order valence-electron chi connectivity index (χ0n) is 19.4. The van der Waals surface area contributed by atoms with E-state index in [1.807, 2.05) is 45.9 Å². The number of benzene rings is 1. The van der Waals surface area contributed by atoms with Crippen LogP contribution in [0.2, 0.25) is 0 Å². The van der Waals surface area contributed by atoms with E-state index >= 15 is 0 Å². The number of pyridine rings is 1. The van der Waals surface area contributed by atoms with Crippen molar-refractivity contribution in [3.8, 4) is 22.6 Å². The zero-order chi connectivity index (χ0) is 22.8. The van der Waals surface area contributed by atoms with Crippen molar-refractivity contribution in [2.24, 2.45) is 0 Å². The summed E-state index contributed by atoms with van der Waals surface area (Å²) in [6.07, 6.45) is 8.39. The van der Waals surface area contributed by atoms with Crippen LogP contribution in [0.25, 0.3) is 16.8 Å². The second-order valence-corrected chi connectivity index (χ2v) is 8.51. The highest BCUT2D eigenvalue weighted by Crippen LogP contribution is 2.37. The Morgan fingerprint density at radius 2 is 2.00 bits per heavy atom. The van der Waals surface area contributed by atoms with Crippen molar-refractivity contribution in [1.29, 1.82) is 0 Å². The predicted molar refractivity (Wildman–Crippen MR) is 127 cm³/mol. The van der Waals surface area contributed by atoms with E-state index in [9.17, 15) is 0 Å². The third kappa shape index (κ3) is 4.30. The molecule has 0 aliphatic carbocycles. The summed E-state index contributed by atoms with van der Waals surface area (Å²) in [6.45, 7) is 5.99. The molecule has 172 valence electrons. The number of aryl methyl sites for hydroxylation is 1. The summed E-state index contributed by atoms with van der Waals surface area (Å²) in [5.74, 6) is 2.67. The van der Waals surface area contributed by atoms with Gasteiger partial charge in [0.25, 0.3) is 0 Å². The molecule has 0 bridgehead atoms. The first-order valence-corrected chi connectivity index (χ1v) is 11.5. The number of piperidine rings is 1. The Balaban J connectivity index is 1.37. The molecular weight excluding hydrogens is 416 g/mol. The van der Waals surface area contributed by atoms with Crippen molar-refractivity contribution < 1.29 is 9.47 Å². The van der Waals surface area contributed by atoms with E-state index in [-0.39, 0.29) is 0 Å². The van der Waals surface area contributed by atoms with Gasteiger partial charge in [0.1, 0.15) is 0 Å². The average Bonchev–Trinajstić information content (AvgIpc) is 3.49. The van der Waals surface area contributed by atoms with E-state index in [0.29, 0.717) is 17.4 Å². The van der Waals surface area contributed by atoms with Crippen LogP contribution < -0.4 is 9.47 Å². The molecule has 1 atom stereocenters. The third-order valence-electron chi connectivity index (χ3n) is 6.35. The second kappa shape index (κ2) is 9.23. The van der Waals surface area contributed by atoms with Crippen molar-refractivity contribution in [2.75, 3.05) is 27.3 Å². The van der Waals surface area contributed by atoms with Gasteiger partial charge in [-0.15, -0.1) is 0 Å². The molecule has 0 spiro atoms. The lowest BCUT2D eigenvalue weighted by Gasteiger charge is -2.30. The van der Waals surface area contributed by atoms with Crippen molar-refractivity contribution in [1.82, 2.24) is 29.3 Å². The van der Waals surface area contributed by atoms with Crippen LogP contribution >= 0.6 is 0 Å². The number of aromatic nitrogens is 5. The maximum atomic E-state index is 5.62. The fourth-order valence-corrected chi connectivity index (χ4v) is 4.68. The number of fused-ring (bicyclic) bond motifs is 1. The van der Waals surface area contributed by atoms with Gasteiger partial charge >= 0.3 is 0 Å². The lowest BCUT2D eigenvalue weighted by Crippen LogP contribution is -2.34. The second-order valence-electron chi connectivity index (χ2n) is 8.51. The van der Waals surface area contributed by atoms with Gasteiger partial charge in [-0.2, -0.15) is 10.2 Å². The molecular formula is C25H30N6O2. The number of likely N-dealkylation sites (tertiary alicyclic amines) is 1. The first-order chi connectivity index (χ1) is 16.2. The fraction of sp³-hybridized carbons (Fsp3) is 0.400. The SMILES string of the molecule is CCn1cc(CN2CCC[C@H](c3nc4ccc(-c5cccc(OC)c5OC)cn4n3)C2)cn1. The monoisotopic (exact) mass is 446 g/mol. The molecule has 8 nitrogen and oxygen atoms in total. The Morgan fingerprint density at radius 3 is 2.79 bits per heavy atom. The van der Waals surface area contributed by atoms with Crippen molar-refractivity contribution in [3.05, 3.63) is 60.3 Å². The Kier molecular flexibility index (Phi) is 6.00. The molecule has 1 aliphatic rings. The molecule has 1 saturated heterocycles. The van der Waals surface area contributed by atoms with Crippen LogP contribution in [0.15, 0.2) is 48.9 Å². The standard InChI is InChI=1S/C25H30N6O2/c1-4-30-15-18(13-26-30)14-29-12-6-7-20(16-29)25-27-23-11-10-19(17-31(23)28-25)21-8-5-9-22(32-2)24(21)33-3/h5,8-11,13,15,17,20H,4,6-7,12,14,16H2,1-3H3/t20-/m0/s1. The molecule has 0 N–H and O–H groups in total. The smallest absolute Gasteiger partial charge is 0.168 e. The fourth-order valence-electron chi connectivity index (χ4n) is 4.68. The molecule has 0 unspecified atom stereocenters. The quantitative estimate of drug-likeness (QED) is 0.427. The highest BCUT2D eigenvalue weighted by atomic mass is 16.5. The van der Waals surface area contributed by atoms with E-state index in [2.05, 4.69) is 29.2 Å². The number of methoxy groups -OCH3 is 2. The number of ether oxygens (including phenoxy) is 2. The van der Waals surface area contributed by atoms with Gasteiger partial charge in [-0.1, -0.05) is 12.1 Å². The van der Waals surface area contributed by atoms with E-state index in [4.69, 9.17) is 19.6 Å². The maximum absolute atomic E-state index is 5.62.